The molecular weight excluding hydrogens is 511 g/mol. The summed E-state index contributed by atoms with van der Waals surface area (Å²) in [4.78, 5) is 25.6. The van der Waals surface area contributed by atoms with Crippen LogP contribution in [0, 0.1) is 6.92 Å². The fourth-order valence-electron chi connectivity index (χ4n) is 3.51. The van der Waals surface area contributed by atoms with E-state index < -0.39 is 21.5 Å². The van der Waals surface area contributed by atoms with Gasteiger partial charge in [-0.15, -0.1) is 0 Å². The molecule has 0 bridgehead atoms. The second-order valence-electron chi connectivity index (χ2n) is 7.68. The highest BCUT2D eigenvalue weighted by molar-refractivity contribution is 7.92. The minimum Gasteiger partial charge on any atom is -0.322 e. The molecule has 0 unspecified atom stereocenters. The van der Waals surface area contributed by atoms with E-state index in [0.717, 1.165) is 0 Å². The van der Waals surface area contributed by atoms with Crippen LogP contribution in [0.5, 0.6) is 0 Å². The maximum absolute atomic E-state index is 13.2. The Labute approximate surface area is 211 Å². The summed E-state index contributed by atoms with van der Waals surface area (Å²) in [5, 5.41) is 3.32. The Morgan fingerprint density at radius 3 is 2.23 bits per heavy atom. The number of benzene rings is 3. The Kier molecular flexibility index (Phi) is 6.75. The van der Waals surface area contributed by atoms with Crippen molar-refractivity contribution in [2.75, 3.05) is 10.0 Å². The van der Waals surface area contributed by atoms with Crippen LogP contribution in [0.25, 0.3) is 5.69 Å². The monoisotopic (exact) mass is 530 g/mol. The van der Waals surface area contributed by atoms with Gasteiger partial charge in [-0.2, -0.15) is 0 Å². The van der Waals surface area contributed by atoms with Gasteiger partial charge >= 0.3 is 0 Å². The summed E-state index contributed by atoms with van der Waals surface area (Å²) in [5.41, 5.74) is 0.865. The van der Waals surface area contributed by atoms with Crippen LogP contribution in [0.2, 0.25) is 10.0 Å². The molecule has 2 N–H and O–H groups in total. The number of para-hydroxylation sites is 1. The smallest absolute Gasteiger partial charge is 0.296 e. The number of halogens is 2. The lowest BCUT2D eigenvalue weighted by Crippen LogP contribution is -2.23. The molecule has 4 aromatic rings. The predicted molar refractivity (Wildman–Crippen MR) is 137 cm³/mol. The van der Waals surface area contributed by atoms with Crippen molar-refractivity contribution in [1.82, 2.24) is 9.36 Å². The van der Waals surface area contributed by atoms with Gasteiger partial charge in [-0.25, -0.2) is 13.1 Å². The molecule has 8 nitrogen and oxygen atoms in total. The molecule has 0 saturated carbocycles. The van der Waals surface area contributed by atoms with E-state index in [2.05, 4.69) is 10.0 Å². The number of hydrogen-bond acceptors (Lipinski definition) is 4. The molecule has 4 rings (SSSR count). The number of sulfonamides is 1. The van der Waals surface area contributed by atoms with Crippen LogP contribution in [0.15, 0.2) is 82.5 Å². The van der Waals surface area contributed by atoms with Crippen molar-refractivity contribution >= 4 is 50.5 Å². The highest BCUT2D eigenvalue weighted by Gasteiger charge is 2.23. The molecule has 3 aromatic carbocycles. The number of nitrogens with one attached hydrogen (secondary N) is 2. The zero-order valence-corrected chi connectivity index (χ0v) is 20.9. The van der Waals surface area contributed by atoms with Gasteiger partial charge in [0.05, 0.1) is 16.3 Å². The Morgan fingerprint density at radius 1 is 0.914 bits per heavy atom. The maximum atomic E-state index is 13.2. The fraction of sp³-hybridized carbons (Fsp3) is 0.0833. The second-order valence-corrected chi connectivity index (χ2v) is 10.2. The van der Waals surface area contributed by atoms with Gasteiger partial charge < -0.3 is 5.32 Å². The van der Waals surface area contributed by atoms with Gasteiger partial charge in [0.2, 0.25) is 0 Å². The molecular formula is C24H20Cl2N4O4S. The van der Waals surface area contributed by atoms with Crippen molar-refractivity contribution in [3.05, 3.63) is 104 Å². The lowest BCUT2D eigenvalue weighted by molar-refractivity contribution is 0.102. The van der Waals surface area contributed by atoms with E-state index in [1.165, 1.54) is 47.1 Å². The van der Waals surface area contributed by atoms with Gasteiger partial charge in [0.1, 0.15) is 5.69 Å². The standard InChI is InChI=1S/C24H20Cl2N4O4S/c1-15-22(24(32)30(29(15)2)20-8-4-3-5-9-20)28-35(33,34)21-10-6-7-16(11-21)23(31)27-19-13-17(25)12-18(26)14-19/h3-14,28H,1-2H3,(H,27,31). The van der Waals surface area contributed by atoms with Gasteiger partial charge in [-0.1, -0.05) is 47.5 Å². The number of carbonyl (C=O) groups excluding carboxylic acids is 1. The molecule has 0 atom stereocenters. The Balaban J connectivity index is 1.64. The molecule has 0 aliphatic carbocycles. The Bertz CT molecular complexity index is 1580. The molecule has 0 aliphatic rings. The summed E-state index contributed by atoms with van der Waals surface area (Å²) < 4.78 is 31.6. The van der Waals surface area contributed by atoms with E-state index in [0.29, 0.717) is 27.1 Å². The molecule has 0 spiro atoms. The SMILES string of the molecule is Cc1c(NS(=O)(=O)c2cccc(C(=O)Nc3cc(Cl)cc(Cl)c3)c2)c(=O)n(-c2ccccc2)n1C. The third-order valence-electron chi connectivity index (χ3n) is 5.32. The van der Waals surface area contributed by atoms with Crippen LogP contribution < -0.4 is 15.6 Å². The summed E-state index contributed by atoms with van der Waals surface area (Å²) in [6, 6.07) is 18.9. The minimum atomic E-state index is -4.19. The summed E-state index contributed by atoms with van der Waals surface area (Å²) in [5.74, 6) is -0.553. The van der Waals surface area contributed by atoms with Gasteiger partial charge in [0.25, 0.3) is 21.5 Å². The van der Waals surface area contributed by atoms with Gasteiger partial charge in [-0.05, 0) is 55.5 Å². The summed E-state index contributed by atoms with van der Waals surface area (Å²) in [7, 11) is -2.52. The fourth-order valence-corrected chi connectivity index (χ4v) is 5.20. The van der Waals surface area contributed by atoms with Crippen LogP contribution >= 0.6 is 23.2 Å². The van der Waals surface area contributed by atoms with Crippen LogP contribution in [-0.4, -0.2) is 23.7 Å². The minimum absolute atomic E-state index is 0.0835. The number of nitrogens with zero attached hydrogens (tertiary/aromatic N) is 2. The Morgan fingerprint density at radius 2 is 1.57 bits per heavy atom. The van der Waals surface area contributed by atoms with Crippen molar-refractivity contribution in [2.45, 2.75) is 11.8 Å². The second kappa shape index (κ2) is 9.61. The van der Waals surface area contributed by atoms with E-state index in [-0.39, 0.29) is 16.1 Å². The average molecular weight is 531 g/mol. The van der Waals surface area contributed by atoms with Crippen molar-refractivity contribution in [3.63, 3.8) is 0 Å². The first-order valence-electron chi connectivity index (χ1n) is 10.3. The third-order valence-corrected chi connectivity index (χ3v) is 7.10. The largest absolute Gasteiger partial charge is 0.322 e. The van der Waals surface area contributed by atoms with Crippen LogP contribution in [-0.2, 0) is 17.1 Å². The molecule has 1 amide bonds. The van der Waals surface area contributed by atoms with Crippen molar-refractivity contribution in [2.24, 2.45) is 7.05 Å². The van der Waals surface area contributed by atoms with Crippen LogP contribution in [0.1, 0.15) is 16.1 Å². The molecule has 0 saturated heterocycles. The molecule has 0 radical (unpaired) electrons. The van der Waals surface area contributed by atoms with E-state index in [1.807, 2.05) is 6.07 Å². The normalized spacial score (nSPS) is 11.3. The van der Waals surface area contributed by atoms with Crippen molar-refractivity contribution < 1.29 is 13.2 Å². The van der Waals surface area contributed by atoms with Crippen LogP contribution in [0.3, 0.4) is 0 Å². The number of carbonyl (C=O) groups is 1. The van der Waals surface area contributed by atoms with Crippen LogP contribution in [0.4, 0.5) is 11.4 Å². The van der Waals surface area contributed by atoms with Gasteiger partial charge in [0.15, 0.2) is 0 Å². The lowest BCUT2D eigenvalue weighted by atomic mass is 10.2. The molecule has 180 valence electrons. The van der Waals surface area contributed by atoms with E-state index >= 15 is 0 Å². The van der Waals surface area contributed by atoms with E-state index in [9.17, 15) is 18.0 Å². The molecule has 11 heteroatoms. The van der Waals surface area contributed by atoms with Gasteiger partial charge in [0, 0.05) is 28.3 Å². The summed E-state index contributed by atoms with van der Waals surface area (Å²) in [6.07, 6.45) is 0. The highest BCUT2D eigenvalue weighted by atomic mass is 35.5. The predicted octanol–water partition coefficient (Wildman–Crippen LogP) is 4.84. The average Bonchev–Trinajstić information content (AvgIpc) is 3.02. The molecule has 35 heavy (non-hydrogen) atoms. The quantitative estimate of drug-likeness (QED) is 0.372. The maximum Gasteiger partial charge on any atom is 0.296 e. The molecule has 0 aliphatic heterocycles. The number of rotatable bonds is 6. The third kappa shape index (κ3) is 5.12. The van der Waals surface area contributed by atoms with Crippen molar-refractivity contribution in [1.29, 1.82) is 0 Å². The number of amides is 1. The zero-order valence-electron chi connectivity index (χ0n) is 18.6. The topological polar surface area (TPSA) is 102 Å². The number of hydrogen-bond donors (Lipinski definition) is 2. The first-order chi connectivity index (χ1) is 16.6. The van der Waals surface area contributed by atoms with Crippen molar-refractivity contribution in [3.8, 4) is 5.69 Å². The number of aromatic nitrogens is 2. The molecule has 0 fully saturated rings. The number of anilines is 2. The summed E-state index contributed by atoms with van der Waals surface area (Å²) in [6.45, 7) is 1.64. The lowest BCUT2D eigenvalue weighted by Gasteiger charge is -2.10. The molecule has 1 heterocycles. The zero-order chi connectivity index (χ0) is 25.3. The van der Waals surface area contributed by atoms with E-state index in [4.69, 9.17) is 23.2 Å². The molecule has 1 aromatic heterocycles. The first kappa shape index (κ1) is 24.6. The van der Waals surface area contributed by atoms with E-state index in [1.54, 1.807) is 42.9 Å². The highest BCUT2D eigenvalue weighted by Crippen LogP contribution is 2.24. The first-order valence-corrected chi connectivity index (χ1v) is 12.5. The summed E-state index contributed by atoms with van der Waals surface area (Å²) >= 11 is 11.9. The van der Waals surface area contributed by atoms with Gasteiger partial charge in [-0.3, -0.25) is 19.0 Å². The Hall–Kier alpha value is -3.53.